The molecule has 1 fully saturated rings. The Morgan fingerprint density at radius 1 is 1.29 bits per heavy atom. The molecule has 1 saturated heterocycles. The van der Waals surface area contributed by atoms with Crippen molar-refractivity contribution < 1.29 is 0 Å². The van der Waals surface area contributed by atoms with Gasteiger partial charge in [-0.15, -0.1) is 0 Å². The molecule has 1 aliphatic rings. The summed E-state index contributed by atoms with van der Waals surface area (Å²) in [5.41, 5.74) is 0.814. The van der Waals surface area contributed by atoms with Crippen LogP contribution in [-0.2, 0) is 0 Å². The normalized spacial score (nSPS) is 23.0. The fraction of sp³-hybridized carbons (Fsp3) is 0.600. The summed E-state index contributed by atoms with van der Waals surface area (Å²) >= 11 is 0. The second kappa shape index (κ2) is 4.37. The van der Waals surface area contributed by atoms with Crippen LogP contribution < -0.4 is 10.9 Å². The van der Waals surface area contributed by atoms with Crippen LogP contribution in [0.5, 0.6) is 0 Å². The molecule has 0 bridgehead atoms. The first-order valence-electron chi connectivity index (χ1n) is 5.15. The van der Waals surface area contributed by atoms with E-state index in [1.54, 1.807) is 0 Å². The van der Waals surface area contributed by atoms with E-state index in [1.807, 2.05) is 6.07 Å². The predicted molar refractivity (Wildman–Crippen MR) is 54.1 cm³/mol. The predicted octanol–water partition coefficient (Wildman–Crippen LogP) is 0.975. The number of hydrogen-bond acceptors (Lipinski definition) is 3. The van der Waals surface area contributed by atoms with Gasteiger partial charge in [0.15, 0.2) is 0 Å². The molecule has 0 amide bonds. The third-order valence-corrected chi connectivity index (χ3v) is 2.62. The lowest BCUT2D eigenvalue weighted by atomic mass is 10.1. The first-order chi connectivity index (χ1) is 6.86. The monoisotopic (exact) mass is 193 g/mol. The Labute approximate surface area is 82.7 Å². The van der Waals surface area contributed by atoms with E-state index in [9.17, 15) is 4.79 Å². The molecule has 1 unspecified atom stereocenters. The van der Waals surface area contributed by atoms with Gasteiger partial charge in [0.05, 0.1) is 11.7 Å². The zero-order valence-corrected chi connectivity index (χ0v) is 8.12. The van der Waals surface area contributed by atoms with Crippen molar-refractivity contribution in [3.05, 3.63) is 28.2 Å². The molecule has 14 heavy (non-hydrogen) atoms. The van der Waals surface area contributed by atoms with Crippen molar-refractivity contribution >= 4 is 0 Å². The fourth-order valence-electron chi connectivity index (χ4n) is 1.83. The Morgan fingerprint density at radius 2 is 2.21 bits per heavy atom. The number of aromatic nitrogens is 2. The molecule has 2 N–H and O–H groups in total. The van der Waals surface area contributed by atoms with Crippen molar-refractivity contribution in [2.24, 2.45) is 0 Å². The topological polar surface area (TPSA) is 57.8 Å². The lowest BCUT2D eigenvalue weighted by molar-refractivity contribution is 0.515. The van der Waals surface area contributed by atoms with Gasteiger partial charge < -0.3 is 5.32 Å². The molecule has 4 heteroatoms. The summed E-state index contributed by atoms with van der Waals surface area (Å²) in [5, 5.41) is 9.95. The maximum absolute atomic E-state index is 10.8. The lowest BCUT2D eigenvalue weighted by Gasteiger charge is -2.13. The summed E-state index contributed by atoms with van der Waals surface area (Å²) in [6.07, 6.45) is 4.87. The van der Waals surface area contributed by atoms with Crippen LogP contribution in [0.3, 0.4) is 0 Å². The summed E-state index contributed by atoms with van der Waals surface area (Å²) in [6, 6.07) is 3.66. The average molecular weight is 193 g/mol. The average Bonchev–Trinajstić information content (AvgIpc) is 2.47. The Bertz CT molecular complexity index is 319. The molecule has 0 saturated carbocycles. The number of nitrogens with one attached hydrogen (secondary N) is 2. The van der Waals surface area contributed by atoms with Gasteiger partial charge in [-0.3, -0.25) is 4.79 Å². The van der Waals surface area contributed by atoms with Crippen molar-refractivity contribution in [1.29, 1.82) is 0 Å². The quantitative estimate of drug-likeness (QED) is 0.699. The van der Waals surface area contributed by atoms with Crippen molar-refractivity contribution in [3.8, 4) is 0 Å². The number of hydrogen-bond donors (Lipinski definition) is 2. The van der Waals surface area contributed by atoms with Crippen LogP contribution in [0, 0.1) is 0 Å². The molecule has 0 aromatic carbocycles. The Hall–Kier alpha value is -1.16. The molecular formula is C10H15N3O. The highest BCUT2D eigenvalue weighted by Crippen LogP contribution is 2.19. The van der Waals surface area contributed by atoms with Gasteiger partial charge in [-0.2, -0.15) is 5.10 Å². The highest BCUT2D eigenvalue weighted by molar-refractivity contribution is 5.05. The molecule has 76 valence electrons. The zero-order chi connectivity index (χ0) is 9.80. The van der Waals surface area contributed by atoms with Gasteiger partial charge in [0.2, 0.25) is 0 Å². The van der Waals surface area contributed by atoms with Gasteiger partial charge in [-0.25, -0.2) is 5.10 Å². The largest absolute Gasteiger partial charge is 0.309 e. The number of rotatable bonds is 1. The van der Waals surface area contributed by atoms with E-state index in [2.05, 4.69) is 15.5 Å². The van der Waals surface area contributed by atoms with Crippen molar-refractivity contribution in [1.82, 2.24) is 15.5 Å². The zero-order valence-electron chi connectivity index (χ0n) is 8.12. The second-order valence-electron chi connectivity index (χ2n) is 3.70. The SMILES string of the molecule is O=c1ccc(C2CCCCCN2)n[nH]1. The summed E-state index contributed by atoms with van der Waals surface area (Å²) in [5.74, 6) is 0. The first-order valence-corrected chi connectivity index (χ1v) is 5.15. The van der Waals surface area contributed by atoms with Crippen molar-refractivity contribution in [3.63, 3.8) is 0 Å². The number of aromatic amines is 1. The molecule has 0 aliphatic carbocycles. The van der Waals surface area contributed by atoms with E-state index in [0.29, 0.717) is 6.04 Å². The molecular weight excluding hydrogens is 178 g/mol. The minimum atomic E-state index is -0.137. The van der Waals surface area contributed by atoms with Crippen LogP contribution in [0.25, 0.3) is 0 Å². The van der Waals surface area contributed by atoms with Gasteiger partial charge in [0.1, 0.15) is 0 Å². The standard InChI is InChI=1S/C10H15N3O/c14-10-6-5-9(12-13-10)8-4-2-1-3-7-11-8/h5-6,8,11H,1-4,7H2,(H,13,14). The maximum Gasteiger partial charge on any atom is 0.264 e. The molecule has 0 spiro atoms. The minimum Gasteiger partial charge on any atom is -0.309 e. The smallest absolute Gasteiger partial charge is 0.264 e. The van der Waals surface area contributed by atoms with Crippen LogP contribution in [0.4, 0.5) is 0 Å². The van der Waals surface area contributed by atoms with Crippen LogP contribution in [0.15, 0.2) is 16.9 Å². The van der Waals surface area contributed by atoms with E-state index >= 15 is 0 Å². The first kappa shape index (κ1) is 9.40. The van der Waals surface area contributed by atoms with E-state index in [4.69, 9.17) is 0 Å². The van der Waals surface area contributed by atoms with E-state index in [0.717, 1.165) is 18.7 Å². The van der Waals surface area contributed by atoms with Crippen LogP contribution in [0.1, 0.15) is 37.4 Å². The van der Waals surface area contributed by atoms with E-state index in [1.165, 1.54) is 25.3 Å². The van der Waals surface area contributed by atoms with E-state index in [-0.39, 0.29) is 5.56 Å². The summed E-state index contributed by atoms with van der Waals surface area (Å²) in [7, 11) is 0. The van der Waals surface area contributed by atoms with Gasteiger partial charge >= 0.3 is 0 Å². The van der Waals surface area contributed by atoms with Gasteiger partial charge in [-0.1, -0.05) is 12.8 Å². The summed E-state index contributed by atoms with van der Waals surface area (Å²) < 4.78 is 0. The van der Waals surface area contributed by atoms with Gasteiger partial charge in [0.25, 0.3) is 5.56 Å². The third-order valence-electron chi connectivity index (χ3n) is 2.62. The Kier molecular flexibility index (Phi) is 2.93. The maximum atomic E-state index is 10.8. The summed E-state index contributed by atoms with van der Waals surface area (Å²) in [6.45, 7) is 1.05. The van der Waals surface area contributed by atoms with Crippen molar-refractivity contribution in [2.45, 2.75) is 31.7 Å². The highest BCUT2D eigenvalue weighted by Gasteiger charge is 2.14. The second-order valence-corrected chi connectivity index (χ2v) is 3.70. The highest BCUT2D eigenvalue weighted by atomic mass is 16.1. The molecule has 1 atom stereocenters. The van der Waals surface area contributed by atoms with Crippen LogP contribution in [0.2, 0.25) is 0 Å². The Balaban J connectivity index is 2.12. The van der Waals surface area contributed by atoms with Crippen LogP contribution in [-0.4, -0.2) is 16.7 Å². The van der Waals surface area contributed by atoms with Gasteiger partial charge in [0, 0.05) is 6.07 Å². The number of nitrogens with zero attached hydrogens (tertiary/aromatic N) is 1. The molecule has 1 aromatic rings. The molecule has 4 nitrogen and oxygen atoms in total. The lowest BCUT2D eigenvalue weighted by Crippen LogP contribution is -2.22. The third kappa shape index (κ3) is 2.20. The molecule has 1 aromatic heterocycles. The molecule has 1 aliphatic heterocycles. The molecule has 0 radical (unpaired) electrons. The minimum absolute atomic E-state index is 0.137. The van der Waals surface area contributed by atoms with Gasteiger partial charge in [-0.05, 0) is 25.5 Å². The summed E-state index contributed by atoms with van der Waals surface area (Å²) in [4.78, 5) is 10.8. The fourth-order valence-corrected chi connectivity index (χ4v) is 1.83. The molecule has 2 heterocycles. The molecule has 2 rings (SSSR count). The van der Waals surface area contributed by atoms with Crippen LogP contribution >= 0.6 is 0 Å². The van der Waals surface area contributed by atoms with E-state index < -0.39 is 0 Å². The number of H-pyrrole nitrogens is 1. The van der Waals surface area contributed by atoms with Crippen molar-refractivity contribution in [2.75, 3.05) is 6.54 Å². The Morgan fingerprint density at radius 3 is 3.00 bits per heavy atom.